The second kappa shape index (κ2) is 5.95. The van der Waals surface area contributed by atoms with E-state index in [9.17, 15) is 16.8 Å². The molecule has 9 heteroatoms. The van der Waals surface area contributed by atoms with Crippen molar-refractivity contribution >= 4 is 25.7 Å². The van der Waals surface area contributed by atoms with Gasteiger partial charge in [0.15, 0.2) is 0 Å². The average molecular weight is 342 g/mol. The topological polar surface area (TPSA) is 116 Å². The molecule has 0 bridgehead atoms. The van der Waals surface area contributed by atoms with Gasteiger partial charge in [-0.25, -0.2) is 22.0 Å². The lowest BCUT2D eigenvalue weighted by Crippen LogP contribution is -2.15. The summed E-state index contributed by atoms with van der Waals surface area (Å²) in [5, 5.41) is 4.96. The van der Waals surface area contributed by atoms with E-state index in [0.29, 0.717) is 11.4 Å². The molecular weight excluding hydrogens is 328 g/mol. The first-order valence-corrected chi connectivity index (χ1v) is 9.05. The van der Waals surface area contributed by atoms with Gasteiger partial charge in [0.2, 0.25) is 10.0 Å². The second-order valence-corrected chi connectivity index (χ2v) is 7.60. The molecule has 0 fully saturated rings. The zero-order valence-electron chi connectivity index (χ0n) is 11.6. The van der Waals surface area contributed by atoms with Gasteiger partial charge in [-0.3, -0.25) is 4.72 Å². The largest absolute Gasteiger partial charge is 0.497 e. The number of primary sulfonamides is 1. The Morgan fingerprint density at radius 2 is 1.55 bits per heavy atom. The van der Waals surface area contributed by atoms with Gasteiger partial charge in [0.05, 0.1) is 22.6 Å². The summed E-state index contributed by atoms with van der Waals surface area (Å²) in [5.74, 6) is 0.504. The van der Waals surface area contributed by atoms with Crippen molar-refractivity contribution in [3.05, 3.63) is 48.5 Å². The number of methoxy groups -OCH3 is 1. The molecule has 0 radical (unpaired) electrons. The first-order valence-electron chi connectivity index (χ1n) is 6.02. The molecule has 2 aromatic carbocycles. The van der Waals surface area contributed by atoms with Crippen molar-refractivity contribution in [2.75, 3.05) is 11.8 Å². The number of anilines is 1. The molecule has 0 spiro atoms. The van der Waals surface area contributed by atoms with Gasteiger partial charge in [0.1, 0.15) is 5.75 Å². The van der Waals surface area contributed by atoms with Crippen molar-refractivity contribution in [1.29, 1.82) is 0 Å². The van der Waals surface area contributed by atoms with Crippen molar-refractivity contribution in [2.24, 2.45) is 5.14 Å². The lowest BCUT2D eigenvalue weighted by Gasteiger charge is -2.09. The number of sulfonamides is 2. The third kappa shape index (κ3) is 3.75. The van der Waals surface area contributed by atoms with E-state index in [-0.39, 0.29) is 9.79 Å². The van der Waals surface area contributed by atoms with Crippen LogP contribution in [0.2, 0.25) is 0 Å². The maximum Gasteiger partial charge on any atom is 0.261 e. The van der Waals surface area contributed by atoms with E-state index in [1.807, 2.05) is 0 Å². The molecule has 3 N–H and O–H groups in total. The van der Waals surface area contributed by atoms with Crippen LogP contribution in [0.1, 0.15) is 0 Å². The molecule has 0 atom stereocenters. The molecule has 118 valence electrons. The summed E-state index contributed by atoms with van der Waals surface area (Å²) in [5.41, 5.74) is 0.329. The predicted octanol–water partition coefficient (Wildman–Crippen LogP) is 1.14. The molecular formula is C13H14N2O5S2. The maximum atomic E-state index is 12.2. The molecule has 0 heterocycles. The van der Waals surface area contributed by atoms with Crippen LogP contribution in [-0.4, -0.2) is 23.9 Å². The fourth-order valence-electron chi connectivity index (χ4n) is 1.71. The summed E-state index contributed by atoms with van der Waals surface area (Å²) in [6.07, 6.45) is 0. The monoisotopic (exact) mass is 342 g/mol. The van der Waals surface area contributed by atoms with Gasteiger partial charge in [0.25, 0.3) is 10.0 Å². The van der Waals surface area contributed by atoms with Gasteiger partial charge in [-0.2, -0.15) is 0 Å². The van der Waals surface area contributed by atoms with Gasteiger partial charge in [-0.15, -0.1) is 0 Å². The van der Waals surface area contributed by atoms with Crippen molar-refractivity contribution in [3.63, 3.8) is 0 Å². The van der Waals surface area contributed by atoms with Crippen LogP contribution in [0, 0.1) is 0 Å². The minimum atomic E-state index is -3.86. The van der Waals surface area contributed by atoms with E-state index < -0.39 is 20.0 Å². The standard InChI is InChI=1S/C13H14N2O5S2/c1-20-11-4-2-3-10(9-11)15-22(18,19)13-7-5-12(6-8-13)21(14,16)17/h2-9,15H,1H3,(H2,14,16,17). The first kappa shape index (κ1) is 16.3. The Morgan fingerprint density at radius 3 is 2.09 bits per heavy atom. The van der Waals surface area contributed by atoms with Crippen LogP contribution in [0.15, 0.2) is 58.3 Å². The molecule has 0 amide bonds. The van der Waals surface area contributed by atoms with Crippen molar-refractivity contribution in [3.8, 4) is 5.75 Å². The molecule has 0 aliphatic carbocycles. The predicted molar refractivity (Wildman–Crippen MR) is 81.6 cm³/mol. The smallest absolute Gasteiger partial charge is 0.261 e. The van der Waals surface area contributed by atoms with Crippen LogP contribution >= 0.6 is 0 Å². The Hall–Kier alpha value is -2.10. The molecule has 2 aromatic rings. The summed E-state index contributed by atoms with van der Waals surface area (Å²) >= 11 is 0. The minimum Gasteiger partial charge on any atom is -0.497 e. The van der Waals surface area contributed by atoms with Gasteiger partial charge in [-0.1, -0.05) is 6.07 Å². The SMILES string of the molecule is COc1cccc(NS(=O)(=O)c2ccc(S(N)(=O)=O)cc2)c1. The highest BCUT2D eigenvalue weighted by Crippen LogP contribution is 2.21. The third-order valence-corrected chi connectivity index (χ3v) is 5.11. The zero-order chi connectivity index (χ0) is 16.4. The molecule has 0 saturated heterocycles. The highest BCUT2D eigenvalue weighted by molar-refractivity contribution is 7.92. The number of rotatable bonds is 5. The van der Waals surface area contributed by atoms with E-state index in [1.165, 1.54) is 25.3 Å². The lowest BCUT2D eigenvalue weighted by molar-refractivity contribution is 0.415. The molecule has 0 saturated carbocycles. The third-order valence-electron chi connectivity index (χ3n) is 2.78. The molecule has 7 nitrogen and oxygen atoms in total. The summed E-state index contributed by atoms with van der Waals surface area (Å²) < 4.78 is 54.2. The van der Waals surface area contributed by atoms with Gasteiger partial charge >= 0.3 is 0 Å². The molecule has 22 heavy (non-hydrogen) atoms. The number of hydrogen-bond acceptors (Lipinski definition) is 5. The summed E-state index contributed by atoms with van der Waals surface area (Å²) in [6, 6.07) is 11.0. The molecule has 0 aromatic heterocycles. The Kier molecular flexibility index (Phi) is 4.40. The fourth-order valence-corrected chi connectivity index (χ4v) is 3.27. The highest BCUT2D eigenvalue weighted by atomic mass is 32.2. The quantitative estimate of drug-likeness (QED) is 0.845. The summed E-state index contributed by atoms with van der Waals surface area (Å²) in [6.45, 7) is 0. The number of nitrogens with two attached hydrogens (primary N) is 1. The molecule has 0 aliphatic rings. The van der Waals surface area contributed by atoms with Crippen LogP contribution in [0.4, 0.5) is 5.69 Å². The maximum absolute atomic E-state index is 12.2. The van der Waals surface area contributed by atoms with E-state index in [4.69, 9.17) is 9.88 Å². The Labute approximate surface area is 128 Å². The summed E-state index contributed by atoms with van der Waals surface area (Å²) in [7, 11) is -6.23. The van der Waals surface area contributed by atoms with E-state index in [0.717, 1.165) is 12.1 Å². The van der Waals surface area contributed by atoms with E-state index in [1.54, 1.807) is 18.2 Å². The van der Waals surface area contributed by atoms with Crippen LogP contribution < -0.4 is 14.6 Å². The highest BCUT2D eigenvalue weighted by Gasteiger charge is 2.16. The van der Waals surface area contributed by atoms with E-state index in [2.05, 4.69) is 4.72 Å². The van der Waals surface area contributed by atoms with E-state index >= 15 is 0 Å². The van der Waals surface area contributed by atoms with Crippen molar-refractivity contribution in [1.82, 2.24) is 0 Å². The first-order chi connectivity index (χ1) is 10.2. The van der Waals surface area contributed by atoms with Crippen LogP contribution in [0.25, 0.3) is 0 Å². The normalized spacial score (nSPS) is 11.9. The van der Waals surface area contributed by atoms with Crippen LogP contribution in [0.5, 0.6) is 5.75 Å². The van der Waals surface area contributed by atoms with Crippen LogP contribution in [0.3, 0.4) is 0 Å². The van der Waals surface area contributed by atoms with Crippen molar-refractivity contribution < 1.29 is 21.6 Å². The zero-order valence-corrected chi connectivity index (χ0v) is 13.2. The molecule has 0 unspecified atom stereocenters. The number of hydrogen-bond donors (Lipinski definition) is 2. The van der Waals surface area contributed by atoms with Gasteiger partial charge < -0.3 is 4.74 Å². The molecule has 0 aliphatic heterocycles. The Morgan fingerprint density at radius 1 is 0.955 bits per heavy atom. The Balaban J connectivity index is 2.30. The Bertz CT molecular complexity index is 875. The number of nitrogens with one attached hydrogen (secondary N) is 1. The molecule has 2 rings (SSSR count). The number of ether oxygens (including phenoxy) is 1. The van der Waals surface area contributed by atoms with Crippen molar-refractivity contribution in [2.45, 2.75) is 9.79 Å². The van der Waals surface area contributed by atoms with Gasteiger partial charge in [0, 0.05) is 6.07 Å². The number of benzene rings is 2. The fraction of sp³-hybridized carbons (Fsp3) is 0.0769. The minimum absolute atomic E-state index is 0.0808. The summed E-state index contributed by atoms with van der Waals surface area (Å²) in [4.78, 5) is -0.240. The lowest BCUT2D eigenvalue weighted by atomic mass is 10.3. The average Bonchev–Trinajstić information content (AvgIpc) is 2.46. The van der Waals surface area contributed by atoms with Gasteiger partial charge in [-0.05, 0) is 36.4 Å². The second-order valence-electron chi connectivity index (χ2n) is 4.35. The van der Waals surface area contributed by atoms with Crippen LogP contribution in [-0.2, 0) is 20.0 Å².